The lowest BCUT2D eigenvalue weighted by Gasteiger charge is -2.53. The van der Waals surface area contributed by atoms with Crippen molar-refractivity contribution in [1.29, 1.82) is 0 Å². The van der Waals surface area contributed by atoms with E-state index in [1.54, 1.807) is 11.3 Å². The normalized spacial score (nSPS) is 28.9. The molecule has 1 saturated carbocycles. The van der Waals surface area contributed by atoms with Crippen LogP contribution in [0.1, 0.15) is 12.0 Å². The topological polar surface area (TPSA) is 28.2 Å². The van der Waals surface area contributed by atoms with Crippen LogP contribution in [-0.2, 0) is 6.54 Å². The van der Waals surface area contributed by atoms with Crippen molar-refractivity contribution >= 4 is 16.5 Å². The van der Waals surface area contributed by atoms with E-state index in [0.717, 1.165) is 23.5 Å². The van der Waals surface area contributed by atoms with Gasteiger partial charge in [-0.15, -0.1) is 11.3 Å². The predicted octanol–water partition coefficient (Wildman–Crippen LogP) is 3.08. The monoisotopic (exact) mass is 285 g/mol. The first kappa shape index (κ1) is 12.4. The summed E-state index contributed by atoms with van der Waals surface area (Å²) >= 11 is 1.71. The lowest BCUT2D eigenvalue weighted by molar-refractivity contribution is 0.00751. The van der Waals surface area contributed by atoms with Crippen molar-refractivity contribution in [2.24, 2.45) is 11.8 Å². The van der Waals surface area contributed by atoms with Crippen LogP contribution in [0.5, 0.6) is 0 Å². The van der Waals surface area contributed by atoms with Crippen LogP contribution >= 0.6 is 11.3 Å². The maximum atomic E-state index is 4.35. The van der Waals surface area contributed by atoms with Crippen molar-refractivity contribution < 1.29 is 0 Å². The molecule has 5 rings (SSSR count). The minimum Gasteiger partial charge on any atom is -0.358 e. The zero-order valence-electron chi connectivity index (χ0n) is 11.4. The number of aromatic nitrogens is 1. The molecule has 1 aliphatic carbocycles. The van der Waals surface area contributed by atoms with Gasteiger partial charge in [0.25, 0.3) is 0 Å². The maximum absolute atomic E-state index is 4.35. The maximum Gasteiger partial charge on any atom is 0.182 e. The van der Waals surface area contributed by atoms with Crippen LogP contribution in [0.4, 0.5) is 5.13 Å². The number of fused-ring (bicyclic) bond motifs is 2. The van der Waals surface area contributed by atoms with E-state index in [0.29, 0.717) is 6.04 Å². The van der Waals surface area contributed by atoms with E-state index in [-0.39, 0.29) is 0 Å². The molecule has 2 aromatic rings. The second kappa shape index (κ2) is 5.19. The Morgan fingerprint density at radius 2 is 2.00 bits per heavy atom. The SMILES string of the molecule is c1ccc(CN2CC3CC(C2)C3Nc2nccs2)cc1. The summed E-state index contributed by atoms with van der Waals surface area (Å²) in [5.41, 5.74) is 1.43. The molecule has 1 aromatic heterocycles. The summed E-state index contributed by atoms with van der Waals surface area (Å²) in [7, 11) is 0. The van der Waals surface area contributed by atoms with Gasteiger partial charge in [-0.1, -0.05) is 30.3 Å². The molecule has 104 valence electrons. The lowest BCUT2D eigenvalue weighted by Crippen LogP contribution is -2.60. The van der Waals surface area contributed by atoms with Gasteiger partial charge in [0.2, 0.25) is 0 Å². The van der Waals surface area contributed by atoms with Gasteiger partial charge in [0.05, 0.1) is 0 Å². The Hall–Kier alpha value is -1.39. The highest BCUT2D eigenvalue weighted by Crippen LogP contribution is 2.42. The Morgan fingerprint density at radius 3 is 2.70 bits per heavy atom. The van der Waals surface area contributed by atoms with Gasteiger partial charge in [-0.05, 0) is 23.8 Å². The van der Waals surface area contributed by atoms with Gasteiger partial charge in [0.1, 0.15) is 0 Å². The summed E-state index contributed by atoms with van der Waals surface area (Å²) in [6.07, 6.45) is 3.26. The third-order valence-electron chi connectivity index (χ3n) is 4.58. The van der Waals surface area contributed by atoms with E-state index in [1.165, 1.54) is 25.1 Å². The molecule has 1 aromatic carbocycles. The number of nitrogens with one attached hydrogen (secondary N) is 1. The fraction of sp³-hybridized carbons (Fsp3) is 0.438. The van der Waals surface area contributed by atoms with E-state index in [1.807, 2.05) is 11.6 Å². The van der Waals surface area contributed by atoms with Gasteiger partial charge in [-0.25, -0.2) is 4.98 Å². The van der Waals surface area contributed by atoms with Gasteiger partial charge >= 0.3 is 0 Å². The van der Waals surface area contributed by atoms with Gasteiger partial charge in [-0.2, -0.15) is 0 Å². The molecule has 1 N–H and O–H groups in total. The largest absolute Gasteiger partial charge is 0.358 e. The number of thiazole rings is 1. The van der Waals surface area contributed by atoms with Gasteiger partial charge in [-0.3, -0.25) is 4.90 Å². The highest BCUT2D eigenvalue weighted by molar-refractivity contribution is 7.13. The molecule has 0 amide bonds. The second-order valence-corrected chi connectivity index (χ2v) is 6.84. The van der Waals surface area contributed by atoms with E-state index >= 15 is 0 Å². The molecular weight excluding hydrogens is 266 g/mol. The van der Waals surface area contributed by atoms with Crippen LogP contribution in [0, 0.1) is 11.8 Å². The smallest absolute Gasteiger partial charge is 0.182 e. The number of anilines is 1. The molecule has 3 aliphatic rings. The highest BCUT2D eigenvalue weighted by Gasteiger charge is 2.46. The molecule has 3 heterocycles. The van der Waals surface area contributed by atoms with Crippen LogP contribution in [0.25, 0.3) is 0 Å². The zero-order valence-corrected chi connectivity index (χ0v) is 12.2. The van der Waals surface area contributed by atoms with Crippen molar-refractivity contribution in [3.05, 3.63) is 47.5 Å². The standard InChI is InChI=1S/C16H19N3S/c1-2-4-12(5-3-1)9-19-10-13-8-14(11-19)15(13)18-16-17-6-7-20-16/h1-7,13-15H,8-11H2,(H,17,18). The molecule has 0 spiro atoms. The first-order valence-electron chi connectivity index (χ1n) is 7.31. The zero-order chi connectivity index (χ0) is 13.4. The van der Waals surface area contributed by atoms with E-state index in [9.17, 15) is 0 Å². The lowest BCUT2D eigenvalue weighted by atomic mass is 9.66. The van der Waals surface area contributed by atoms with Crippen LogP contribution in [-0.4, -0.2) is 29.0 Å². The van der Waals surface area contributed by atoms with Crippen LogP contribution in [0.15, 0.2) is 41.9 Å². The van der Waals surface area contributed by atoms with E-state index < -0.39 is 0 Å². The predicted molar refractivity (Wildman–Crippen MR) is 82.8 cm³/mol. The summed E-state index contributed by atoms with van der Waals surface area (Å²) in [5, 5.41) is 6.75. The summed E-state index contributed by atoms with van der Waals surface area (Å²) in [4.78, 5) is 6.95. The molecule has 2 bridgehead atoms. The first-order valence-corrected chi connectivity index (χ1v) is 8.19. The third kappa shape index (κ3) is 2.34. The number of hydrogen-bond acceptors (Lipinski definition) is 4. The minimum absolute atomic E-state index is 0.646. The molecule has 0 radical (unpaired) electrons. The second-order valence-electron chi connectivity index (χ2n) is 5.94. The molecular formula is C16H19N3S. The Labute approximate surface area is 123 Å². The molecule has 20 heavy (non-hydrogen) atoms. The first-order chi connectivity index (χ1) is 9.88. The Morgan fingerprint density at radius 1 is 1.20 bits per heavy atom. The summed E-state index contributed by atoms with van der Waals surface area (Å²) in [6, 6.07) is 11.5. The number of hydrogen-bond donors (Lipinski definition) is 1. The quantitative estimate of drug-likeness (QED) is 0.935. The Balaban J connectivity index is 1.36. The highest BCUT2D eigenvalue weighted by atomic mass is 32.1. The molecule has 2 aliphatic heterocycles. The van der Waals surface area contributed by atoms with E-state index in [2.05, 4.69) is 45.5 Å². The summed E-state index contributed by atoms with van der Waals surface area (Å²) in [6.45, 7) is 3.53. The molecule has 2 saturated heterocycles. The van der Waals surface area contributed by atoms with Crippen molar-refractivity contribution in [2.75, 3.05) is 18.4 Å². The third-order valence-corrected chi connectivity index (χ3v) is 5.28. The van der Waals surface area contributed by atoms with Crippen molar-refractivity contribution in [1.82, 2.24) is 9.88 Å². The Bertz CT molecular complexity index is 542. The van der Waals surface area contributed by atoms with Crippen LogP contribution in [0.2, 0.25) is 0 Å². The van der Waals surface area contributed by atoms with Gasteiger partial charge in [0, 0.05) is 37.3 Å². The van der Waals surface area contributed by atoms with E-state index in [4.69, 9.17) is 0 Å². The molecule has 2 unspecified atom stereocenters. The molecule has 2 atom stereocenters. The number of rotatable bonds is 4. The van der Waals surface area contributed by atoms with Gasteiger partial charge < -0.3 is 5.32 Å². The summed E-state index contributed by atoms with van der Waals surface area (Å²) in [5.74, 6) is 1.59. The number of piperidine rings is 2. The average Bonchev–Trinajstić information content (AvgIpc) is 2.99. The molecule has 4 heteroatoms. The van der Waals surface area contributed by atoms with Gasteiger partial charge in [0.15, 0.2) is 5.13 Å². The fourth-order valence-electron chi connectivity index (χ4n) is 3.63. The fourth-order valence-corrected chi connectivity index (χ4v) is 4.21. The summed E-state index contributed by atoms with van der Waals surface area (Å²) < 4.78 is 0. The minimum atomic E-state index is 0.646. The van der Waals surface area contributed by atoms with Crippen molar-refractivity contribution in [3.8, 4) is 0 Å². The average molecular weight is 285 g/mol. The Kier molecular flexibility index (Phi) is 3.20. The van der Waals surface area contributed by atoms with Crippen molar-refractivity contribution in [3.63, 3.8) is 0 Å². The number of benzene rings is 1. The molecule has 3 nitrogen and oxygen atoms in total. The molecule has 3 fully saturated rings. The van der Waals surface area contributed by atoms with Crippen LogP contribution in [0.3, 0.4) is 0 Å². The van der Waals surface area contributed by atoms with Crippen LogP contribution < -0.4 is 5.32 Å². The van der Waals surface area contributed by atoms with Crippen molar-refractivity contribution in [2.45, 2.75) is 19.0 Å². The number of nitrogens with zero attached hydrogens (tertiary/aromatic N) is 2.